The molecule has 1 aromatic heterocycles. The first kappa shape index (κ1) is 13.8. The molecule has 1 aliphatic heterocycles. The third kappa shape index (κ3) is 3.31. The van der Waals surface area contributed by atoms with Gasteiger partial charge in [-0.1, -0.05) is 42.4 Å². The highest BCUT2D eigenvalue weighted by molar-refractivity contribution is 5.92. The number of carbonyl (C=O) groups is 1. The summed E-state index contributed by atoms with van der Waals surface area (Å²) in [5, 5.41) is 6.71. The summed E-state index contributed by atoms with van der Waals surface area (Å²) >= 11 is 0. The van der Waals surface area contributed by atoms with Gasteiger partial charge in [-0.2, -0.15) is 0 Å². The van der Waals surface area contributed by atoms with Gasteiger partial charge in [0.15, 0.2) is 5.69 Å². The van der Waals surface area contributed by atoms with Crippen LogP contribution in [0, 0.1) is 5.92 Å². The van der Waals surface area contributed by atoms with Crippen LogP contribution in [0.5, 0.6) is 0 Å². The van der Waals surface area contributed by atoms with Crippen LogP contribution in [0.3, 0.4) is 0 Å². The Kier molecular flexibility index (Phi) is 4.01. The molecule has 0 radical (unpaired) electrons. The van der Waals surface area contributed by atoms with Crippen LogP contribution in [0.15, 0.2) is 47.2 Å². The summed E-state index contributed by atoms with van der Waals surface area (Å²) in [7, 11) is 0. The summed E-state index contributed by atoms with van der Waals surface area (Å²) in [5.41, 5.74) is 1.64. The minimum Gasteiger partial charge on any atom is -0.364 e. The Balaban J connectivity index is 1.57. The van der Waals surface area contributed by atoms with Crippen molar-refractivity contribution in [1.29, 1.82) is 0 Å². The molecule has 2 aromatic rings. The van der Waals surface area contributed by atoms with Crippen LogP contribution >= 0.6 is 0 Å². The summed E-state index contributed by atoms with van der Waals surface area (Å²) in [4.78, 5) is 14.4. The molecule has 2 unspecified atom stereocenters. The van der Waals surface area contributed by atoms with Gasteiger partial charge < -0.3 is 9.84 Å². The number of rotatable bonds is 4. The van der Waals surface area contributed by atoms with Crippen LogP contribution in [-0.4, -0.2) is 35.1 Å². The fourth-order valence-electron chi connectivity index (χ4n) is 2.80. The monoisotopic (exact) mass is 285 g/mol. The van der Waals surface area contributed by atoms with Crippen molar-refractivity contribution in [3.63, 3.8) is 0 Å². The van der Waals surface area contributed by atoms with Crippen LogP contribution < -0.4 is 5.32 Å². The van der Waals surface area contributed by atoms with E-state index in [4.69, 9.17) is 4.52 Å². The van der Waals surface area contributed by atoms with E-state index in [1.54, 1.807) is 6.07 Å². The zero-order valence-corrected chi connectivity index (χ0v) is 12.0. The normalized spacial score (nSPS) is 22.3. The molecule has 0 saturated carbocycles. The third-order valence-corrected chi connectivity index (χ3v) is 3.92. The van der Waals surface area contributed by atoms with Crippen LogP contribution in [0.25, 0.3) is 0 Å². The van der Waals surface area contributed by atoms with Gasteiger partial charge >= 0.3 is 0 Å². The molecule has 1 fully saturated rings. The second kappa shape index (κ2) is 6.10. The molecule has 2 heterocycles. The molecule has 5 heteroatoms. The predicted octanol–water partition coefficient (Wildman–Crippen LogP) is 1.92. The lowest BCUT2D eigenvalue weighted by atomic mass is 10.1. The minimum atomic E-state index is -0.165. The molecule has 1 aromatic carbocycles. The summed E-state index contributed by atoms with van der Waals surface area (Å²) in [6, 6.07) is 12.1. The zero-order chi connectivity index (χ0) is 14.7. The lowest BCUT2D eigenvalue weighted by molar-refractivity contribution is 0.0922. The number of hydrogen-bond donors (Lipinski definition) is 1. The smallest absolute Gasteiger partial charge is 0.273 e. The number of hydrogen-bond acceptors (Lipinski definition) is 4. The summed E-state index contributed by atoms with van der Waals surface area (Å²) < 4.78 is 4.71. The zero-order valence-electron chi connectivity index (χ0n) is 12.0. The third-order valence-electron chi connectivity index (χ3n) is 3.92. The molecule has 2 atom stereocenters. The standard InChI is InChI=1S/C16H19N3O2/c1-12-9-19(10-13-5-3-2-4-6-13)11-15(12)17-16(20)14-7-8-21-18-14/h2-8,12,15H,9-11H2,1H3,(H,17,20). The lowest BCUT2D eigenvalue weighted by Crippen LogP contribution is -2.39. The number of amides is 1. The highest BCUT2D eigenvalue weighted by Gasteiger charge is 2.31. The van der Waals surface area contributed by atoms with Crippen molar-refractivity contribution in [2.75, 3.05) is 13.1 Å². The molecule has 1 amide bonds. The second-order valence-corrected chi connectivity index (χ2v) is 5.62. The first-order chi connectivity index (χ1) is 10.2. The van der Waals surface area contributed by atoms with Gasteiger partial charge in [-0.3, -0.25) is 9.69 Å². The maximum atomic E-state index is 12.0. The van der Waals surface area contributed by atoms with Crippen molar-refractivity contribution in [2.24, 2.45) is 5.92 Å². The van der Waals surface area contributed by atoms with E-state index in [2.05, 4.69) is 46.6 Å². The Morgan fingerprint density at radius 2 is 2.14 bits per heavy atom. The van der Waals surface area contributed by atoms with Crippen LogP contribution in [0.2, 0.25) is 0 Å². The Bertz CT molecular complexity index is 583. The van der Waals surface area contributed by atoms with E-state index in [1.807, 2.05) is 6.07 Å². The van der Waals surface area contributed by atoms with Gasteiger partial charge in [0.2, 0.25) is 0 Å². The predicted molar refractivity (Wildman–Crippen MR) is 78.6 cm³/mol. The van der Waals surface area contributed by atoms with E-state index < -0.39 is 0 Å². The quantitative estimate of drug-likeness (QED) is 0.932. The van der Waals surface area contributed by atoms with E-state index in [9.17, 15) is 4.79 Å². The molecule has 1 saturated heterocycles. The number of carbonyl (C=O) groups excluding carboxylic acids is 1. The van der Waals surface area contributed by atoms with Crippen LogP contribution in [-0.2, 0) is 6.54 Å². The molecule has 1 N–H and O–H groups in total. The average molecular weight is 285 g/mol. The summed E-state index contributed by atoms with van der Waals surface area (Å²) in [6.07, 6.45) is 1.41. The van der Waals surface area contributed by atoms with Gasteiger partial charge in [-0.15, -0.1) is 0 Å². The van der Waals surface area contributed by atoms with Gasteiger partial charge in [-0.05, 0) is 11.5 Å². The maximum absolute atomic E-state index is 12.0. The number of benzene rings is 1. The van der Waals surface area contributed by atoms with E-state index in [0.717, 1.165) is 19.6 Å². The van der Waals surface area contributed by atoms with Gasteiger partial charge in [0.05, 0.1) is 0 Å². The SMILES string of the molecule is CC1CN(Cc2ccccc2)CC1NC(=O)c1ccon1. The molecular formula is C16H19N3O2. The Hall–Kier alpha value is -2.14. The highest BCUT2D eigenvalue weighted by atomic mass is 16.5. The molecule has 21 heavy (non-hydrogen) atoms. The van der Waals surface area contributed by atoms with E-state index in [1.165, 1.54) is 11.8 Å². The van der Waals surface area contributed by atoms with E-state index in [-0.39, 0.29) is 11.9 Å². The van der Waals surface area contributed by atoms with Crippen molar-refractivity contribution in [1.82, 2.24) is 15.4 Å². The van der Waals surface area contributed by atoms with Crippen molar-refractivity contribution < 1.29 is 9.32 Å². The van der Waals surface area contributed by atoms with Crippen molar-refractivity contribution >= 4 is 5.91 Å². The van der Waals surface area contributed by atoms with E-state index in [0.29, 0.717) is 11.6 Å². The molecule has 0 spiro atoms. The molecule has 110 valence electrons. The average Bonchev–Trinajstić information content (AvgIpc) is 3.11. The Labute approximate surface area is 123 Å². The fraction of sp³-hybridized carbons (Fsp3) is 0.375. The second-order valence-electron chi connectivity index (χ2n) is 5.62. The van der Waals surface area contributed by atoms with Gasteiger partial charge in [0, 0.05) is 31.7 Å². The largest absolute Gasteiger partial charge is 0.364 e. The molecule has 1 aliphatic rings. The lowest BCUT2D eigenvalue weighted by Gasteiger charge is -2.16. The number of nitrogens with one attached hydrogen (secondary N) is 1. The van der Waals surface area contributed by atoms with Crippen LogP contribution in [0.1, 0.15) is 23.0 Å². The molecular weight excluding hydrogens is 266 g/mol. The molecule has 5 nitrogen and oxygen atoms in total. The molecule has 0 bridgehead atoms. The van der Waals surface area contributed by atoms with Crippen molar-refractivity contribution in [3.8, 4) is 0 Å². The van der Waals surface area contributed by atoms with Crippen molar-refractivity contribution in [2.45, 2.75) is 19.5 Å². The van der Waals surface area contributed by atoms with Crippen molar-refractivity contribution in [3.05, 3.63) is 53.9 Å². The van der Waals surface area contributed by atoms with Gasteiger partial charge in [0.25, 0.3) is 5.91 Å². The Morgan fingerprint density at radius 3 is 2.86 bits per heavy atom. The number of aromatic nitrogens is 1. The number of nitrogens with zero attached hydrogens (tertiary/aromatic N) is 2. The fourth-order valence-corrected chi connectivity index (χ4v) is 2.80. The maximum Gasteiger partial charge on any atom is 0.273 e. The number of likely N-dealkylation sites (tertiary alicyclic amines) is 1. The van der Waals surface area contributed by atoms with E-state index >= 15 is 0 Å². The van der Waals surface area contributed by atoms with Gasteiger partial charge in [-0.25, -0.2) is 0 Å². The minimum absolute atomic E-state index is 0.151. The first-order valence-corrected chi connectivity index (χ1v) is 7.20. The summed E-state index contributed by atoms with van der Waals surface area (Å²) in [5.74, 6) is 0.256. The topological polar surface area (TPSA) is 58.4 Å². The summed E-state index contributed by atoms with van der Waals surface area (Å²) in [6.45, 7) is 4.93. The highest BCUT2D eigenvalue weighted by Crippen LogP contribution is 2.19. The van der Waals surface area contributed by atoms with Crippen LogP contribution in [0.4, 0.5) is 0 Å². The van der Waals surface area contributed by atoms with Gasteiger partial charge in [0.1, 0.15) is 6.26 Å². The molecule has 0 aliphatic carbocycles. The first-order valence-electron chi connectivity index (χ1n) is 7.20. The molecule has 3 rings (SSSR count). The Morgan fingerprint density at radius 1 is 1.33 bits per heavy atom.